The van der Waals surface area contributed by atoms with Gasteiger partial charge in [-0.25, -0.2) is 0 Å². The van der Waals surface area contributed by atoms with E-state index in [1.54, 1.807) is 0 Å². The number of nitrogens with zero attached hydrogens (tertiary/aromatic N) is 8. The molecule has 0 amide bonds. The Morgan fingerprint density at radius 3 is 1.11 bits per heavy atom. The molecular formula is C54H39N9O22S6. The van der Waals surface area contributed by atoms with Crippen molar-refractivity contribution in [2.24, 2.45) is 40.9 Å². The molecule has 91 heavy (non-hydrogen) atoms. The van der Waals surface area contributed by atoms with E-state index in [2.05, 4.69) is 46.2 Å². The molecule has 0 bridgehead atoms. The van der Waals surface area contributed by atoms with E-state index in [1.165, 1.54) is 74.5 Å². The summed E-state index contributed by atoms with van der Waals surface area (Å²) in [4.78, 5) is -4.94. The Labute approximate surface area is 512 Å². The topological polar surface area (TPSA) is 518 Å². The summed E-state index contributed by atoms with van der Waals surface area (Å²) in [7, 11) is -30.3. The second-order valence-electron chi connectivity index (χ2n) is 19.7. The number of nitrogens with one attached hydrogen (secondary N) is 1. The zero-order valence-corrected chi connectivity index (χ0v) is 50.5. The number of phenols is 4. The molecule has 0 heterocycles. The molecule has 0 aliphatic heterocycles. The van der Waals surface area contributed by atoms with Crippen LogP contribution in [0.25, 0.3) is 43.1 Å². The number of anilines is 2. The van der Waals surface area contributed by atoms with Gasteiger partial charge in [0.25, 0.3) is 60.7 Å². The van der Waals surface area contributed by atoms with Crippen molar-refractivity contribution in [3.05, 3.63) is 145 Å². The van der Waals surface area contributed by atoms with E-state index in [-0.39, 0.29) is 88.5 Å². The monoisotopic (exact) mass is 1360 g/mol. The van der Waals surface area contributed by atoms with E-state index in [1.807, 2.05) is 0 Å². The number of fused-ring (bicyclic) bond motifs is 4. The molecule has 10 aromatic rings. The largest absolute Gasteiger partial charge is 0.506 e. The summed E-state index contributed by atoms with van der Waals surface area (Å²) in [5.41, 5.74) is -2.59. The first kappa shape index (κ1) is 64.1. The maximum Gasteiger partial charge on any atom is 0.296 e. The second-order valence-corrected chi connectivity index (χ2v) is 28.0. The minimum atomic E-state index is -5.24. The molecule has 10 aromatic carbocycles. The molecule has 0 saturated heterocycles. The van der Waals surface area contributed by atoms with Crippen molar-refractivity contribution in [3.8, 4) is 23.0 Å². The highest BCUT2D eigenvalue weighted by Gasteiger charge is 2.27. The maximum atomic E-state index is 12.9. The lowest BCUT2D eigenvalue weighted by Gasteiger charge is -2.13. The summed E-state index contributed by atoms with van der Waals surface area (Å²) >= 11 is 0. The highest BCUT2D eigenvalue weighted by atomic mass is 32.2. The third kappa shape index (κ3) is 13.2. The van der Waals surface area contributed by atoms with Crippen LogP contribution in [-0.2, 0) is 60.7 Å². The molecule has 0 aromatic heterocycles. The third-order valence-corrected chi connectivity index (χ3v) is 18.8. The summed E-state index contributed by atoms with van der Waals surface area (Å²) in [6.07, 6.45) is 0. The predicted octanol–water partition coefficient (Wildman–Crippen LogP) is 12.6. The number of phenolic OH excluding ortho intramolecular Hbond substituents is 4. The van der Waals surface area contributed by atoms with Gasteiger partial charge in [0.05, 0.1) is 17.1 Å². The van der Waals surface area contributed by atoms with E-state index in [9.17, 15) is 98.2 Å². The summed E-state index contributed by atoms with van der Waals surface area (Å²) < 4.78 is 209. The summed E-state index contributed by atoms with van der Waals surface area (Å²) in [5, 5.41) is 77.8. The van der Waals surface area contributed by atoms with Crippen LogP contribution in [0.5, 0.6) is 23.0 Å². The zero-order chi connectivity index (χ0) is 66.2. The molecule has 0 unspecified atom stereocenters. The van der Waals surface area contributed by atoms with Crippen LogP contribution in [-0.4, -0.2) is 98.2 Å². The van der Waals surface area contributed by atoms with Crippen molar-refractivity contribution in [1.29, 1.82) is 0 Å². The van der Waals surface area contributed by atoms with Gasteiger partial charge in [0, 0.05) is 49.8 Å². The zero-order valence-electron chi connectivity index (χ0n) is 45.6. The van der Waals surface area contributed by atoms with Crippen LogP contribution in [0, 0.1) is 13.8 Å². The van der Waals surface area contributed by atoms with Gasteiger partial charge in [0.15, 0.2) is 17.2 Å². The van der Waals surface area contributed by atoms with Crippen molar-refractivity contribution in [3.63, 3.8) is 0 Å². The molecule has 0 aliphatic rings. The van der Waals surface area contributed by atoms with Crippen molar-refractivity contribution < 1.29 is 98.2 Å². The molecule has 0 spiro atoms. The molecular weight excluding hydrogens is 1320 g/mol. The summed E-state index contributed by atoms with van der Waals surface area (Å²) in [6, 6.07) is 25.0. The first-order valence-electron chi connectivity index (χ1n) is 25.0. The molecule has 11 N–H and O–H groups in total. The quantitative estimate of drug-likeness (QED) is 0.0316. The summed E-state index contributed by atoms with van der Waals surface area (Å²) in [6.45, 7) is 2.94. The van der Waals surface area contributed by atoms with Gasteiger partial charge in [0.2, 0.25) is 0 Å². The van der Waals surface area contributed by atoms with Gasteiger partial charge in [-0.2, -0.15) is 65.8 Å². The van der Waals surface area contributed by atoms with Gasteiger partial charge in [0.1, 0.15) is 63.6 Å². The van der Waals surface area contributed by atoms with Gasteiger partial charge in [-0.1, -0.05) is 24.3 Å². The van der Waals surface area contributed by atoms with Gasteiger partial charge in [-0.15, -0.1) is 25.6 Å². The summed E-state index contributed by atoms with van der Waals surface area (Å²) in [5.74, 6) is -3.07. The lowest BCUT2D eigenvalue weighted by Crippen LogP contribution is -2.03. The Morgan fingerprint density at radius 1 is 0.319 bits per heavy atom. The van der Waals surface area contributed by atoms with Crippen LogP contribution in [0.2, 0.25) is 0 Å². The number of hydrogen-bond acceptors (Lipinski definition) is 25. The van der Waals surface area contributed by atoms with Crippen LogP contribution >= 0.6 is 0 Å². The lowest BCUT2D eigenvalue weighted by molar-refractivity contribution is 0.471. The molecule has 31 nitrogen and oxygen atoms in total. The van der Waals surface area contributed by atoms with E-state index in [4.69, 9.17) is 0 Å². The lowest BCUT2D eigenvalue weighted by atomic mass is 10.1. The minimum absolute atomic E-state index is 0.0141. The Kier molecular flexibility index (Phi) is 16.3. The third-order valence-electron chi connectivity index (χ3n) is 13.4. The van der Waals surface area contributed by atoms with E-state index in [0.29, 0.717) is 5.56 Å². The fraction of sp³-hybridized carbons (Fsp3) is 0.0370. The van der Waals surface area contributed by atoms with Crippen LogP contribution in [0.4, 0.5) is 56.9 Å². The van der Waals surface area contributed by atoms with E-state index < -0.39 is 130 Å². The number of hydrogen-bond donors (Lipinski definition) is 11. The first-order valence-corrected chi connectivity index (χ1v) is 33.7. The van der Waals surface area contributed by atoms with Crippen molar-refractivity contribution in [2.75, 3.05) is 5.32 Å². The molecule has 37 heteroatoms. The fourth-order valence-corrected chi connectivity index (χ4v) is 13.6. The van der Waals surface area contributed by atoms with Crippen molar-refractivity contribution in [2.45, 2.75) is 43.2 Å². The fourth-order valence-electron chi connectivity index (χ4n) is 9.41. The van der Waals surface area contributed by atoms with Gasteiger partial charge < -0.3 is 25.7 Å². The molecule has 0 radical (unpaired) electrons. The van der Waals surface area contributed by atoms with Crippen LogP contribution < -0.4 is 5.32 Å². The highest BCUT2D eigenvalue weighted by Crippen LogP contribution is 2.47. The van der Waals surface area contributed by atoms with Gasteiger partial charge in [-0.05, 0) is 139 Å². The highest BCUT2D eigenvalue weighted by molar-refractivity contribution is 7.87. The molecule has 0 aliphatic carbocycles. The van der Waals surface area contributed by atoms with E-state index in [0.717, 1.165) is 72.8 Å². The molecule has 0 saturated carbocycles. The molecule has 0 atom stereocenters. The first-order chi connectivity index (χ1) is 42.3. The number of aromatic hydroxyl groups is 4. The Hall–Kier alpha value is -9.90. The molecule has 10 rings (SSSR count). The van der Waals surface area contributed by atoms with E-state index >= 15 is 0 Å². The van der Waals surface area contributed by atoms with Gasteiger partial charge in [-0.3, -0.25) is 27.3 Å². The number of benzene rings is 10. The predicted molar refractivity (Wildman–Crippen MR) is 324 cm³/mol. The Balaban J connectivity index is 0.920. The second kappa shape index (κ2) is 23.2. The number of rotatable bonds is 16. The molecule has 468 valence electrons. The average molecular weight is 1360 g/mol. The normalized spacial score (nSPS) is 13.1. The van der Waals surface area contributed by atoms with Crippen LogP contribution in [0.1, 0.15) is 11.1 Å². The van der Waals surface area contributed by atoms with Crippen LogP contribution in [0.3, 0.4) is 0 Å². The van der Waals surface area contributed by atoms with Crippen LogP contribution in [0.15, 0.2) is 204 Å². The maximum absolute atomic E-state index is 12.9. The Morgan fingerprint density at radius 2 is 0.703 bits per heavy atom. The smallest absolute Gasteiger partial charge is 0.296 e. The minimum Gasteiger partial charge on any atom is -0.506 e. The number of aryl methyl sites for hydroxylation is 2. The molecule has 0 fully saturated rings. The SMILES string of the molecule is Cc1cc(N=Nc2cc(S(=O)(=O)O)c3cccc(S(=O)(=O)O)c3c2)c(O)c(N=Nc2c(S(=O)(=O)O)cc3cc(Nc4ccc5c(O)c(N=Nc6cc(C)c(N=Nc7cc(S(=O)(=O)O)c8cccc(S(=O)(=O)O)c8c7)cc6O)c(S(=O)(=O)O)cc5c4)ccc3c2O)c1. The number of azo groups is 4. The Bertz CT molecular complexity index is 5720. The average Bonchev–Trinajstić information content (AvgIpc) is 0.788. The van der Waals surface area contributed by atoms with Gasteiger partial charge >= 0.3 is 0 Å². The standard InChI is InChI=1S/C54H39N9O22S6/c1-25-13-41(60-57-32-21-38-36(47(23-32)89(77,78)79)6-4-8-45(38)87(71,72)73)54(67)42(14-25)61-63-51-49(91(83,84)85)19-28-17-30(10-12-34(28)53(51)66)55-29-9-11-33-27(16-29)18-48(90(80,81)82)50(52(33)65)62-59-40-15-26(2)39(24-43(40)64)58-56-31-20-37-35(46(22-31)88(74,75)76)5-3-7-44(37)86(68,69)70/h3-24,55,64-67H,1-2H3,(H,68,69,70)(H,71,72,73)(H,74,75,76)(H,77,78,79)(H,80,81,82)(H,83,84,85). The van der Waals surface area contributed by atoms with Crippen molar-refractivity contribution in [1.82, 2.24) is 0 Å². The van der Waals surface area contributed by atoms with Crippen molar-refractivity contribution >= 4 is 161 Å².